The van der Waals surface area contributed by atoms with E-state index in [4.69, 9.17) is 5.11 Å². The highest BCUT2D eigenvalue weighted by Gasteiger charge is 2.23. The zero-order chi connectivity index (χ0) is 20.0. The SMILES string of the molecule is CCN(CCO)C1=CC(=O)C(Cc2ccc(N(CC)C(C)C)cc2)=CC1=O. The molecule has 0 spiro atoms. The Morgan fingerprint density at radius 3 is 2.15 bits per heavy atom. The molecule has 0 aliphatic heterocycles. The second kappa shape index (κ2) is 9.51. The first-order chi connectivity index (χ1) is 12.9. The molecule has 1 N–H and O–H groups in total. The number of allylic oxidation sites excluding steroid dienone is 3. The number of hydrogen-bond acceptors (Lipinski definition) is 5. The van der Waals surface area contributed by atoms with Crippen molar-refractivity contribution in [2.75, 3.05) is 31.1 Å². The Hall–Kier alpha value is -2.40. The van der Waals surface area contributed by atoms with Gasteiger partial charge in [-0.3, -0.25) is 9.59 Å². The first kappa shape index (κ1) is 20.9. The van der Waals surface area contributed by atoms with Gasteiger partial charge in [0.2, 0.25) is 5.78 Å². The maximum absolute atomic E-state index is 12.5. The summed E-state index contributed by atoms with van der Waals surface area (Å²) in [7, 11) is 0. The van der Waals surface area contributed by atoms with E-state index in [2.05, 4.69) is 37.8 Å². The molecular formula is C22H30N2O3. The van der Waals surface area contributed by atoms with Crippen LogP contribution in [0.1, 0.15) is 33.3 Å². The van der Waals surface area contributed by atoms with Crippen LogP contribution in [-0.2, 0) is 16.0 Å². The summed E-state index contributed by atoms with van der Waals surface area (Å²) in [4.78, 5) is 29.0. The van der Waals surface area contributed by atoms with Gasteiger partial charge in [-0.1, -0.05) is 12.1 Å². The van der Waals surface area contributed by atoms with Crippen LogP contribution in [0.4, 0.5) is 5.69 Å². The summed E-state index contributed by atoms with van der Waals surface area (Å²) < 4.78 is 0. The Morgan fingerprint density at radius 1 is 0.963 bits per heavy atom. The fourth-order valence-electron chi connectivity index (χ4n) is 3.42. The fourth-order valence-corrected chi connectivity index (χ4v) is 3.42. The van der Waals surface area contributed by atoms with E-state index >= 15 is 0 Å². The molecule has 146 valence electrons. The van der Waals surface area contributed by atoms with Gasteiger partial charge in [0.1, 0.15) is 0 Å². The average molecular weight is 370 g/mol. The molecule has 0 fully saturated rings. The monoisotopic (exact) mass is 370 g/mol. The van der Waals surface area contributed by atoms with E-state index in [1.807, 2.05) is 19.1 Å². The van der Waals surface area contributed by atoms with Crippen LogP contribution in [0.15, 0.2) is 47.7 Å². The predicted octanol–water partition coefficient (Wildman–Crippen LogP) is 2.74. The summed E-state index contributed by atoms with van der Waals surface area (Å²) in [6.07, 6.45) is 3.29. The minimum absolute atomic E-state index is 0.0548. The summed E-state index contributed by atoms with van der Waals surface area (Å²) in [6.45, 7) is 10.1. The van der Waals surface area contributed by atoms with Gasteiger partial charge in [-0.15, -0.1) is 0 Å². The highest BCUT2D eigenvalue weighted by molar-refractivity contribution is 6.19. The third-order valence-corrected chi connectivity index (χ3v) is 4.86. The van der Waals surface area contributed by atoms with Crippen LogP contribution in [0.25, 0.3) is 0 Å². The number of likely N-dealkylation sites (N-methyl/N-ethyl adjacent to an activating group) is 1. The van der Waals surface area contributed by atoms with Crippen molar-refractivity contribution in [2.45, 2.75) is 40.2 Å². The molecule has 5 nitrogen and oxygen atoms in total. The van der Waals surface area contributed by atoms with Gasteiger partial charge in [-0.05, 0) is 51.5 Å². The molecule has 1 aliphatic carbocycles. The van der Waals surface area contributed by atoms with Crippen LogP contribution < -0.4 is 4.90 Å². The number of aliphatic hydroxyl groups is 1. The van der Waals surface area contributed by atoms with E-state index in [0.29, 0.717) is 36.8 Å². The number of hydrogen-bond donors (Lipinski definition) is 1. The first-order valence-corrected chi connectivity index (χ1v) is 9.63. The number of anilines is 1. The van der Waals surface area contributed by atoms with Crippen molar-refractivity contribution >= 4 is 17.3 Å². The van der Waals surface area contributed by atoms with Gasteiger partial charge >= 0.3 is 0 Å². The molecule has 1 aromatic carbocycles. The smallest absolute Gasteiger partial charge is 0.202 e. The third-order valence-electron chi connectivity index (χ3n) is 4.86. The van der Waals surface area contributed by atoms with Crippen LogP contribution in [0.3, 0.4) is 0 Å². The topological polar surface area (TPSA) is 60.9 Å². The molecule has 5 heteroatoms. The van der Waals surface area contributed by atoms with Crippen LogP contribution in [0, 0.1) is 0 Å². The summed E-state index contributed by atoms with van der Waals surface area (Å²) in [5.41, 5.74) is 3.03. The van der Waals surface area contributed by atoms with Crippen molar-refractivity contribution in [3.8, 4) is 0 Å². The number of aliphatic hydroxyl groups excluding tert-OH is 1. The Kier molecular flexibility index (Phi) is 7.36. The van der Waals surface area contributed by atoms with Gasteiger partial charge < -0.3 is 14.9 Å². The molecular weight excluding hydrogens is 340 g/mol. The average Bonchev–Trinajstić information content (AvgIpc) is 2.64. The van der Waals surface area contributed by atoms with Gasteiger partial charge in [-0.25, -0.2) is 0 Å². The summed E-state index contributed by atoms with van der Waals surface area (Å²) in [5, 5.41) is 9.13. The molecule has 0 bridgehead atoms. The maximum Gasteiger partial charge on any atom is 0.202 e. The zero-order valence-electron chi connectivity index (χ0n) is 16.7. The van der Waals surface area contributed by atoms with E-state index in [-0.39, 0.29) is 18.2 Å². The molecule has 0 saturated heterocycles. The normalized spacial score (nSPS) is 14.3. The lowest BCUT2D eigenvalue weighted by Crippen LogP contribution is -2.32. The molecule has 0 heterocycles. The zero-order valence-corrected chi connectivity index (χ0v) is 16.7. The second-order valence-electron chi connectivity index (χ2n) is 6.95. The van der Waals surface area contributed by atoms with Gasteiger partial charge in [0.15, 0.2) is 5.78 Å². The van der Waals surface area contributed by atoms with Crippen LogP contribution in [-0.4, -0.2) is 53.9 Å². The minimum Gasteiger partial charge on any atom is -0.395 e. The Bertz CT molecular complexity index is 732. The first-order valence-electron chi connectivity index (χ1n) is 9.63. The standard InChI is InChI=1S/C22H30N2O3/c1-5-23(11-12-25)20-15-21(26)18(14-22(20)27)13-17-7-9-19(10-8-17)24(6-2)16(3)4/h7-10,14-16,25H,5-6,11-13H2,1-4H3. The molecule has 1 aliphatic rings. The van der Waals surface area contributed by atoms with Crippen molar-refractivity contribution in [2.24, 2.45) is 0 Å². The number of nitrogens with zero attached hydrogens (tertiary/aromatic N) is 2. The van der Waals surface area contributed by atoms with Crippen LogP contribution in [0.2, 0.25) is 0 Å². The Labute approximate surface area is 162 Å². The van der Waals surface area contributed by atoms with E-state index in [1.54, 1.807) is 4.90 Å². The highest BCUT2D eigenvalue weighted by atomic mass is 16.3. The van der Waals surface area contributed by atoms with Crippen molar-refractivity contribution in [1.29, 1.82) is 0 Å². The van der Waals surface area contributed by atoms with Gasteiger partial charge in [0.25, 0.3) is 0 Å². The number of rotatable bonds is 9. The minimum atomic E-state index is -0.173. The lowest BCUT2D eigenvalue weighted by Gasteiger charge is -2.27. The van der Waals surface area contributed by atoms with Crippen LogP contribution >= 0.6 is 0 Å². The fraction of sp³-hybridized carbons (Fsp3) is 0.455. The van der Waals surface area contributed by atoms with E-state index in [0.717, 1.165) is 17.8 Å². The van der Waals surface area contributed by atoms with Gasteiger partial charge in [0, 0.05) is 49.4 Å². The highest BCUT2D eigenvalue weighted by Crippen LogP contribution is 2.22. The van der Waals surface area contributed by atoms with Gasteiger partial charge in [-0.2, -0.15) is 0 Å². The Balaban J connectivity index is 2.12. The molecule has 0 radical (unpaired) electrons. The molecule has 0 atom stereocenters. The molecule has 2 rings (SSSR count). The van der Waals surface area contributed by atoms with E-state index < -0.39 is 0 Å². The second-order valence-corrected chi connectivity index (χ2v) is 6.95. The lowest BCUT2D eigenvalue weighted by molar-refractivity contribution is -0.116. The molecule has 0 amide bonds. The van der Waals surface area contributed by atoms with Crippen molar-refractivity contribution in [3.05, 3.63) is 53.3 Å². The molecule has 0 unspecified atom stereocenters. The van der Waals surface area contributed by atoms with E-state index in [9.17, 15) is 9.59 Å². The quantitative estimate of drug-likeness (QED) is 0.677. The van der Waals surface area contributed by atoms with Gasteiger partial charge in [0.05, 0.1) is 12.3 Å². The maximum atomic E-state index is 12.5. The van der Waals surface area contributed by atoms with Crippen molar-refractivity contribution in [1.82, 2.24) is 4.90 Å². The number of benzene rings is 1. The summed E-state index contributed by atoms with van der Waals surface area (Å²) >= 11 is 0. The largest absolute Gasteiger partial charge is 0.395 e. The van der Waals surface area contributed by atoms with E-state index in [1.165, 1.54) is 12.2 Å². The molecule has 0 saturated carbocycles. The van der Waals surface area contributed by atoms with Crippen molar-refractivity contribution in [3.63, 3.8) is 0 Å². The predicted molar refractivity (Wildman–Crippen MR) is 109 cm³/mol. The van der Waals surface area contributed by atoms with Crippen molar-refractivity contribution < 1.29 is 14.7 Å². The third kappa shape index (κ3) is 5.07. The Morgan fingerprint density at radius 2 is 1.63 bits per heavy atom. The number of carbonyl (C=O) groups is 2. The number of ketones is 2. The lowest BCUT2D eigenvalue weighted by atomic mass is 9.94. The molecule has 27 heavy (non-hydrogen) atoms. The number of carbonyl (C=O) groups excluding carboxylic acids is 2. The summed E-state index contributed by atoms with van der Waals surface area (Å²) in [6, 6.07) is 8.58. The molecule has 1 aromatic rings. The summed E-state index contributed by atoms with van der Waals surface area (Å²) in [5.74, 6) is -0.309. The molecule has 0 aromatic heterocycles. The van der Waals surface area contributed by atoms with Crippen LogP contribution in [0.5, 0.6) is 0 Å².